The Morgan fingerprint density at radius 2 is 2.14 bits per heavy atom. The minimum Gasteiger partial charge on any atom is -0.756 e. The molecule has 84 valence electrons. The SMILES string of the molecule is C=CCC(C[N+](C)(C)C)OP(=O)([O-])O. The maximum atomic E-state index is 10.5. The normalized spacial score (nSPS) is 18.6. The molecule has 0 radical (unpaired) electrons. The highest BCUT2D eigenvalue weighted by Crippen LogP contribution is 2.33. The average molecular weight is 223 g/mol. The molecule has 0 aliphatic rings. The van der Waals surface area contributed by atoms with E-state index in [1.54, 1.807) is 6.08 Å². The Hall–Kier alpha value is -0.190. The summed E-state index contributed by atoms with van der Waals surface area (Å²) < 4.78 is 15.6. The van der Waals surface area contributed by atoms with Crippen LogP contribution in [0.15, 0.2) is 12.7 Å². The summed E-state index contributed by atoms with van der Waals surface area (Å²) in [6.45, 7) is 3.99. The van der Waals surface area contributed by atoms with E-state index in [2.05, 4.69) is 11.1 Å². The summed E-state index contributed by atoms with van der Waals surface area (Å²) >= 11 is 0. The molecule has 0 fully saturated rings. The lowest BCUT2D eigenvalue weighted by molar-refractivity contribution is -0.873. The molecule has 0 rings (SSSR count). The number of hydrogen-bond donors (Lipinski definition) is 1. The fourth-order valence-electron chi connectivity index (χ4n) is 1.14. The molecule has 0 heterocycles. The van der Waals surface area contributed by atoms with Crippen LogP contribution in [0.3, 0.4) is 0 Å². The number of phosphoric acid groups is 1. The second-order valence-electron chi connectivity index (χ2n) is 4.19. The van der Waals surface area contributed by atoms with Crippen LogP contribution in [-0.2, 0) is 9.09 Å². The highest BCUT2D eigenvalue weighted by molar-refractivity contribution is 7.44. The van der Waals surface area contributed by atoms with E-state index in [-0.39, 0.29) is 0 Å². The smallest absolute Gasteiger partial charge is 0.265 e. The van der Waals surface area contributed by atoms with Gasteiger partial charge in [-0.15, -0.1) is 6.58 Å². The van der Waals surface area contributed by atoms with Crippen molar-refractivity contribution in [2.75, 3.05) is 27.7 Å². The van der Waals surface area contributed by atoms with Crippen LogP contribution in [0.4, 0.5) is 0 Å². The lowest BCUT2D eigenvalue weighted by Crippen LogP contribution is -2.42. The Bertz CT molecular complexity index is 230. The topological polar surface area (TPSA) is 69.6 Å². The van der Waals surface area contributed by atoms with Crippen molar-refractivity contribution in [2.24, 2.45) is 0 Å². The van der Waals surface area contributed by atoms with Crippen molar-refractivity contribution in [3.05, 3.63) is 12.7 Å². The van der Waals surface area contributed by atoms with Crippen molar-refractivity contribution in [1.82, 2.24) is 0 Å². The number of rotatable bonds is 6. The molecule has 0 bridgehead atoms. The van der Waals surface area contributed by atoms with Gasteiger partial charge in [0.2, 0.25) is 0 Å². The summed E-state index contributed by atoms with van der Waals surface area (Å²) in [6, 6.07) is 0. The van der Waals surface area contributed by atoms with Crippen LogP contribution < -0.4 is 4.89 Å². The number of hydrogen-bond acceptors (Lipinski definition) is 3. The van der Waals surface area contributed by atoms with Gasteiger partial charge in [0, 0.05) is 0 Å². The minimum absolute atomic E-state index is 0.391. The maximum absolute atomic E-state index is 10.5. The van der Waals surface area contributed by atoms with Gasteiger partial charge in [-0.05, 0) is 6.42 Å². The van der Waals surface area contributed by atoms with Gasteiger partial charge in [0.05, 0.1) is 21.1 Å². The molecule has 2 atom stereocenters. The van der Waals surface area contributed by atoms with Crippen molar-refractivity contribution in [1.29, 1.82) is 0 Å². The second kappa shape index (κ2) is 5.05. The van der Waals surface area contributed by atoms with Gasteiger partial charge in [-0.1, -0.05) is 6.08 Å². The third-order valence-corrected chi connectivity index (χ3v) is 2.03. The van der Waals surface area contributed by atoms with Gasteiger partial charge in [-0.2, -0.15) is 0 Å². The predicted octanol–water partition coefficient (Wildman–Crippen LogP) is 0.115. The summed E-state index contributed by atoms with van der Waals surface area (Å²) in [7, 11) is 1.08. The molecular weight excluding hydrogens is 205 g/mol. The highest BCUT2D eigenvalue weighted by Gasteiger charge is 2.21. The van der Waals surface area contributed by atoms with Crippen LogP contribution in [-0.4, -0.2) is 43.2 Å². The highest BCUT2D eigenvalue weighted by atomic mass is 31.2. The van der Waals surface area contributed by atoms with Crippen molar-refractivity contribution in [2.45, 2.75) is 12.5 Å². The molecule has 0 aromatic heterocycles. The molecule has 0 aliphatic heterocycles. The van der Waals surface area contributed by atoms with E-state index >= 15 is 0 Å². The van der Waals surface area contributed by atoms with Crippen LogP contribution in [0.1, 0.15) is 6.42 Å². The monoisotopic (exact) mass is 223 g/mol. The summed E-state index contributed by atoms with van der Waals surface area (Å²) in [4.78, 5) is 19.1. The summed E-state index contributed by atoms with van der Waals surface area (Å²) in [5.41, 5.74) is 0. The molecule has 5 nitrogen and oxygen atoms in total. The molecule has 1 N–H and O–H groups in total. The van der Waals surface area contributed by atoms with Gasteiger partial charge in [0.1, 0.15) is 12.6 Å². The largest absolute Gasteiger partial charge is 0.756 e. The first kappa shape index (κ1) is 13.8. The molecule has 0 saturated carbocycles. The van der Waals surface area contributed by atoms with E-state index in [0.717, 1.165) is 0 Å². The first-order valence-corrected chi connectivity index (χ1v) is 5.77. The molecular formula is C8H18NO4P. The fourth-order valence-corrected chi connectivity index (χ4v) is 1.67. The van der Waals surface area contributed by atoms with Crippen LogP contribution in [0.25, 0.3) is 0 Å². The molecule has 0 aromatic rings. The third-order valence-electron chi connectivity index (χ3n) is 1.46. The minimum atomic E-state index is -4.65. The number of nitrogens with zero attached hydrogens (tertiary/aromatic N) is 1. The molecule has 0 aliphatic carbocycles. The summed E-state index contributed by atoms with van der Waals surface area (Å²) in [6.07, 6.45) is 1.40. The molecule has 6 heteroatoms. The molecule has 0 amide bonds. The van der Waals surface area contributed by atoms with E-state index < -0.39 is 13.9 Å². The van der Waals surface area contributed by atoms with Gasteiger partial charge in [-0.25, -0.2) is 0 Å². The van der Waals surface area contributed by atoms with Crippen molar-refractivity contribution in [3.63, 3.8) is 0 Å². The molecule has 2 unspecified atom stereocenters. The van der Waals surface area contributed by atoms with E-state index in [4.69, 9.17) is 4.89 Å². The van der Waals surface area contributed by atoms with Gasteiger partial charge in [0.25, 0.3) is 7.82 Å². The van der Waals surface area contributed by atoms with E-state index in [1.807, 2.05) is 21.1 Å². The lowest BCUT2D eigenvalue weighted by Gasteiger charge is -2.30. The van der Waals surface area contributed by atoms with E-state index in [0.29, 0.717) is 17.4 Å². The van der Waals surface area contributed by atoms with Crippen molar-refractivity contribution in [3.8, 4) is 0 Å². The molecule has 0 saturated heterocycles. The Balaban J connectivity index is 4.30. The molecule has 0 spiro atoms. The van der Waals surface area contributed by atoms with Crippen LogP contribution in [0.5, 0.6) is 0 Å². The van der Waals surface area contributed by atoms with Crippen molar-refractivity contribution >= 4 is 7.82 Å². The van der Waals surface area contributed by atoms with Gasteiger partial charge >= 0.3 is 0 Å². The number of phosphoric ester groups is 1. The molecule has 14 heavy (non-hydrogen) atoms. The standard InChI is InChI=1S/C8H18NO4P/c1-5-6-8(7-9(2,3)4)13-14(10,11)12/h5,8H,1,6-7H2,2-4H3,(H-,10,11,12). The van der Waals surface area contributed by atoms with Gasteiger partial charge < -0.3 is 18.8 Å². The zero-order valence-electron chi connectivity index (χ0n) is 8.84. The third kappa shape index (κ3) is 8.41. The average Bonchev–Trinajstić information content (AvgIpc) is 1.78. The quantitative estimate of drug-likeness (QED) is 0.394. The Labute approximate surface area is 84.8 Å². The lowest BCUT2D eigenvalue weighted by atomic mass is 10.2. The van der Waals surface area contributed by atoms with Crippen LogP contribution >= 0.6 is 7.82 Å². The first-order chi connectivity index (χ1) is 6.14. The molecule has 0 aromatic carbocycles. The Kier molecular flexibility index (Phi) is 4.98. The van der Waals surface area contributed by atoms with E-state index in [1.165, 1.54) is 0 Å². The second-order valence-corrected chi connectivity index (χ2v) is 5.34. The van der Waals surface area contributed by atoms with Gasteiger partial charge in [0.15, 0.2) is 0 Å². The van der Waals surface area contributed by atoms with Gasteiger partial charge in [-0.3, -0.25) is 4.57 Å². The maximum Gasteiger partial charge on any atom is 0.265 e. The Morgan fingerprint density at radius 1 is 1.64 bits per heavy atom. The summed E-state index contributed by atoms with van der Waals surface area (Å²) in [5.74, 6) is 0. The number of quaternary nitrogens is 1. The summed E-state index contributed by atoms with van der Waals surface area (Å²) in [5, 5.41) is 0. The number of likely N-dealkylation sites (N-methyl/N-ethyl adjacent to an activating group) is 1. The van der Waals surface area contributed by atoms with Crippen LogP contribution in [0.2, 0.25) is 0 Å². The first-order valence-electron chi connectivity index (χ1n) is 4.27. The van der Waals surface area contributed by atoms with Crippen LogP contribution in [0, 0.1) is 0 Å². The zero-order chi connectivity index (χ0) is 11.4. The zero-order valence-corrected chi connectivity index (χ0v) is 9.74. The predicted molar refractivity (Wildman–Crippen MR) is 52.4 cm³/mol. The Morgan fingerprint density at radius 3 is 2.43 bits per heavy atom. The fraction of sp³-hybridized carbons (Fsp3) is 0.750. The van der Waals surface area contributed by atoms with E-state index in [9.17, 15) is 9.46 Å². The van der Waals surface area contributed by atoms with Crippen molar-refractivity contribution < 1.29 is 23.4 Å².